The Morgan fingerprint density at radius 2 is 0.750 bits per heavy atom. The Labute approximate surface area is 269 Å². The Kier molecular flexibility index (Phi) is 18.1. The summed E-state index contributed by atoms with van der Waals surface area (Å²) in [6.45, 7) is 4.52. The van der Waals surface area contributed by atoms with Crippen molar-refractivity contribution in [1.82, 2.24) is 0 Å². The fourth-order valence-electron chi connectivity index (χ4n) is 6.33. The second-order valence-electron chi connectivity index (χ2n) is 13.0. The van der Waals surface area contributed by atoms with Gasteiger partial charge < -0.3 is 0 Å². The molecular weight excluding hydrogens is 542 g/mol. The summed E-state index contributed by atoms with van der Waals surface area (Å²) in [5, 5.41) is 0. The van der Waals surface area contributed by atoms with Gasteiger partial charge in [0.05, 0.1) is 0 Å². The molecule has 0 saturated carbocycles. The molecule has 0 spiro atoms. The van der Waals surface area contributed by atoms with Gasteiger partial charge in [-0.1, -0.05) is 190 Å². The van der Waals surface area contributed by atoms with Crippen LogP contribution in [0.5, 0.6) is 0 Å². The lowest BCUT2D eigenvalue weighted by Gasteiger charge is -2.10. The molecule has 0 N–H and O–H groups in total. The largest absolute Gasteiger partial charge is 0.203 e. The van der Waals surface area contributed by atoms with Crippen LogP contribution in [0.3, 0.4) is 0 Å². The minimum absolute atomic E-state index is 0.340. The topological polar surface area (TPSA) is 0 Å². The van der Waals surface area contributed by atoms with Crippen LogP contribution in [0, 0.1) is 11.6 Å². The summed E-state index contributed by atoms with van der Waals surface area (Å²) in [5.74, 6) is -1.40. The number of unbranched alkanes of at least 4 members (excludes halogenated alkanes) is 18. The maximum Gasteiger partial charge on any atom is 0.166 e. The second kappa shape index (κ2) is 22.1. The summed E-state index contributed by atoms with van der Waals surface area (Å²) in [6.07, 6.45) is 27.8. The summed E-state index contributed by atoms with van der Waals surface area (Å²) < 4.78 is 30.0. The first-order chi connectivity index (χ1) is 21.6. The molecule has 0 nitrogen and oxygen atoms in total. The molecule has 0 aliphatic rings. The molecule has 0 radical (unpaired) electrons. The van der Waals surface area contributed by atoms with E-state index in [0.717, 1.165) is 30.4 Å². The van der Waals surface area contributed by atoms with E-state index in [-0.39, 0.29) is 0 Å². The van der Waals surface area contributed by atoms with Gasteiger partial charge in [-0.15, -0.1) is 0 Å². The Hall–Kier alpha value is -2.48. The molecular formula is C42H60F2. The van der Waals surface area contributed by atoms with Crippen LogP contribution in [-0.4, -0.2) is 0 Å². The number of halogens is 2. The fraction of sp³-hybridized carbons (Fsp3) is 0.571. The zero-order chi connectivity index (χ0) is 31.2. The first-order valence-corrected chi connectivity index (χ1v) is 18.3. The zero-order valence-electron chi connectivity index (χ0n) is 28.1. The highest BCUT2D eigenvalue weighted by Crippen LogP contribution is 2.30. The van der Waals surface area contributed by atoms with E-state index in [2.05, 4.69) is 38.1 Å². The highest BCUT2D eigenvalue weighted by Gasteiger charge is 2.15. The number of hydrogen-bond acceptors (Lipinski definition) is 0. The number of rotatable bonds is 24. The first kappa shape index (κ1) is 36.0. The van der Waals surface area contributed by atoms with E-state index in [1.54, 1.807) is 12.1 Å². The Morgan fingerprint density at radius 1 is 0.364 bits per heavy atom. The van der Waals surface area contributed by atoms with Gasteiger partial charge in [-0.3, -0.25) is 0 Å². The molecule has 0 heterocycles. The minimum Gasteiger partial charge on any atom is -0.203 e. The normalized spacial score (nSPS) is 11.4. The highest BCUT2D eigenvalue weighted by molar-refractivity contribution is 5.71. The van der Waals surface area contributed by atoms with Crippen molar-refractivity contribution in [2.45, 2.75) is 155 Å². The van der Waals surface area contributed by atoms with Crippen molar-refractivity contribution in [3.63, 3.8) is 0 Å². The fourth-order valence-corrected chi connectivity index (χ4v) is 6.33. The molecule has 0 bridgehead atoms. The molecule has 0 atom stereocenters. The van der Waals surface area contributed by atoms with E-state index in [1.807, 2.05) is 24.3 Å². The van der Waals surface area contributed by atoms with Crippen LogP contribution in [0.4, 0.5) is 8.78 Å². The van der Waals surface area contributed by atoms with Crippen molar-refractivity contribution in [2.24, 2.45) is 0 Å². The van der Waals surface area contributed by atoms with Gasteiger partial charge in [0.2, 0.25) is 0 Å². The van der Waals surface area contributed by atoms with E-state index in [9.17, 15) is 4.39 Å². The van der Waals surface area contributed by atoms with Gasteiger partial charge >= 0.3 is 0 Å². The number of aryl methyl sites for hydroxylation is 2. The van der Waals surface area contributed by atoms with Gasteiger partial charge in [0.25, 0.3) is 0 Å². The van der Waals surface area contributed by atoms with E-state index in [4.69, 9.17) is 0 Å². The molecule has 0 saturated heterocycles. The molecule has 0 amide bonds. The van der Waals surface area contributed by atoms with E-state index < -0.39 is 11.6 Å². The molecule has 44 heavy (non-hydrogen) atoms. The lowest BCUT2D eigenvalue weighted by molar-refractivity contribution is 0.496. The Morgan fingerprint density at radius 3 is 1.23 bits per heavy atom. The van der Waals surface area contributed by atoms with Crippen LogP contribution in [-0.2, 0) is 12.8 Å². The van der Waals surface area contributed by atoms with Crippen LogP contribution < -0.4 is 0 Å². The van der Waals surface area contributed by atoms with E-state index >= 15 is 4.39 Å². The zero-order valence-corrected chi connectivity index (χ0v) is 28.1. The highest BCUT2D eigenvalue weighted by atomic mass is 19.2. The molecule has 3 rings (SSSR count). The van der Waals surface area contributed by atoms with Crippen LogP contribution in [0.15, 0.2) is 60.7 Å². The molecule has 3 aromatic carbocycles. The molecule has 3 aromatic rings. The molecule has 0 aromatic heterocycles. The SMILES string of the molecule is CCCCCCCCCCCCc1ccc(-c2ccc(-c3ccc(CCCCCCCCCCCC)c(F)c3F)cc2)cc1. The van der Waals surface area contributed by atoms with E-state index in [1.165, 1.54) is 121 Å². The lowest BCUT2D eigenvalue weighted by Crippen LogP contribution is -1.98. The number of hydrogen-bond donors (Lipinski definition) is 0. The van der Waals surface area contributed by atoms with Crippen molar-refractivity contribution in [3.8, 4) is 22.3 Å². The van der Waals surface area contributed by atoms with Crippen LogP contribution in [0.2, 0.25) is 0 Å². The third-order valence-electron chi connectivity index (χ3n) is 9.26. The molecule has 0 aliphatic carbocycles. The van der Waals surface area contributed by atoms with Crippen molar-refractivity contribution in [3.05, 3.63) is 83.4 Å². The molecule has 0 aliphatic heterocycles. The third kappa shape index (κ3) is 13.3. The summed E-state index contributed by atoms with van der Waals surface area (Å²) >= 11 is 0. The van der Waals surface area contributed by atoms with Crippen LogP contribution in [0.1, 0.15) is 153 Å². The standard InChI is InChI=1S/C42H60F2/c1-3-5-7-9-11-13-15-17-19-21-23-35-25-27-36(28-26-35)37-29-31-38(32-30-37)40-34-33-39(41(43)42(40)44)24-22-20-18-16-14-12-10-8-6-4-2/h25-34H,3-24H2,1-2H3. The van der Waals surface area contributed by atoms with Crippen LogP contribution in [0.25, 0.3) is 22.3 Å². The summed E-state index contributed by atoms with van der Waals surface area (Å²) in [7, 11) is 0. The maximum absolute atomic E-state index is 15.1. The molecule has 2 heteroatoms. The number of benzene rings is 3. The average molecular weight is 603 g/mol. The lowest BCUT2D eigenvalue weighted by atomic mass is 9.96. The summed E-state index contributed by atoms with van der Waals surface area (Å²) in [5.41, 5.74) is 5.20. The van der Waals surface area contributed by atoms with Gasteiger partial charge in [-0.05, 0) is 53.5 Å². The van der Waals surface area contributed by atoms with Gasteiger partial charge in [-0.25, -0.2) is 8.78 Å². The minimum atomic E-state index is -0.723. The van der Waals surface area contributed by atoms with Gasteiger partial charge in [-0.2, -0.15) is 0 Å². The summed E-state index contributed by atoms with van der Waals surface area (Å²) in [4.78, 5) is 0. The monoisotopic (exact) mass is 602 g/mol. The van der Waals surface area contributed by atoms with Crippen LogP contribution >= 0.6 is 0 Å². The second-order valence-corrected chi connectivity index (χ2v) is 13.0. The van der Waals surface area contributed by atoms with Crippen molar-refractivity contribution < 1.29 is 8.78 Å². The van der Waals surface area contributed by atoms with E-state index in [0.29, 0.717) is 23.1 Å². The van der Waals surface area contributed by atoms with Crippen molar-refractivity contribution in [2.75, 3.05) is 0 Å². The molecule has 242 valence electrons. The van der Waals surface area contributed by atoms with Gasteiger partial charge in [0.15, 0.2) is 11.6 Å². The maximum atomic E-state index is 15.1. The smallest absolute Gasteiger partial charge is 0.166 e. The first-order valence-electron chi connectivity index (χ1n) is 18.3. The molecule has 0 fully saturated rings. The van der Waals surface area contributed by atoms with Crippen molar-refractivity contribution in [1.29, 1.82) is 0 Å². The predicted octanol–water partition coefficient (Wildman–Crippen LogP) is 14.2. The Bertz CT molecular complexity index is 1150. The van der Waals surface area contributed by atoms with Gasteiger partial charge in [0.1, 0.15) is 0 Å². The summed E-state index contributed by atoms with van der Waals surface area (Å²) in [6, 6.07) is 20.2. The predicted molar refractivity (Wildman–Crippen MR) is 188 cm³/mol. The Balaban J connectivity index is 1.39. The van der Waals surface area contributed by atoms with Gasteiger partial charge in [0, 0.05) is 5.56 Å². The quantitative estimate of drug-likeness (QED) is 0.0895. The molecule has 0 unspecified atom stereocenters. The average Bonchev–Trinajstić information content (AvgIpc) is 3.05. The van der Waals surface area contributed by atoms with Crippen molar-refractivity contribution >= 4 is 0 Å². The third-order valence-corrected chi connectivity index (χ3v) is 9.26.